The zero-order chi connectivity index (χ0) is 10.7. The SMILES string of the molecule is NC(CO)c1csc(N2CCOCC2)n1. The maximum absolute atomic E-state index is 8.91. The Balaban J connectivity index is 2.05. The lowest BCUT2D eigenvalue weighted by atomic mass is 10.3. The lowest BCUT2D eigenvalue weighted by molar-refractivity contribution is 0.122. The molecule has 1 atom stereocenters. The van der Waals surface area contributed by atoms with Gasteiger partial charge in [0.15, 0.2) is 5.13 Å². The van der Waals surface area contributed by atoms with Gasteiger partial charge >= 0.3 is 0 Å². The van der Waals surface area contributed by atoms with Crippen molar-refractivity contribution in [1.82, 2.24) is 4.98 Å². The first-order valence-electron chi connectivity index (χ1n) is 4.96. The number of aliphatic hydroxyl groups excluding tert-OH is 1. The van der Waals surface area contributed by atoms with Crippen LogP contribution in [0, 0.1) is 0 Å². The van der Waals surface area contributed by atoms with Crippen LogP contribution in [0.25, 0.3) is 0 Å². The molecule has 0 saturated carbocycles. The van der Waals surface area contributed by atoms with Crippen molar-refractivity contribution in [3.8, 4) is 0 Å². The predicted molar refractivity (Wildman–Crippen MR) is 59.2 cm³/mol. The molecule has 3 N–H and O–H groups in total. The van der Waals surface area contributed by atoms with E-state index in [-0.39, 0.29) is 12.6 Å². The van der Waals surface area contributed by atoms with E-state index < -0.39 is 0 Å². The molecule has 15 heavy (non-hydrogen) atoms. The molecular weight excluding hydrogens is 214 g/mol. The van der Waals surface area contributed by atoms with Crippen molar-refractivity contribution in [3.63, 3.8) is 0 Å². The molecule has 0 aromatic carbocycles. The molecule has 0 amide bonds. The first-order chi connectivity index (χ1) is 7.31. The van der Waals surface area contributed by atoms with Gasteiger partial charge in [-0.25, -0.2) is 4.98 Å². The van der Waals surface area contributed by atoms with E-state index in [1.807, 2.05) is 5.38 Å². The molecule has 1 aromatic heterocycles. The van der Waals surface area contributed by atoms with Crippen molar-refractivity contribution >= 4 is 16.5 Å². The minimum Gasteiger partial charge on any atom is -0.394 e. The number of aliphatic hydroxyl groups is 1. The van der Waals surface area contributed by atoms with Gasteiger partial charge in [0.25, 0.3) is 0 Å². The van der Waals surface area contributed by atoms with Crippen LogP contribution < -0.4 is 10.6 Å². The van der Waals surface area contributed by atoms with Crippen molar-refractivity contribution in [2.45, 2.75) is 6.04 Å². The average molecular weight is 229 g/mol. The van der Waals surface area contributed by atoms with Crippen molar-refractivity contribution < 1.29 is 9.84 Å². The highest BCUT2D eigenvalue weighted by Crippen LogP contribution is 2.23. The Morgan fingerprint density at radius 1 is 1.60 bits per heavy atom. The summed E-state index contributed by atoms with van der Waals surface area (Å²) in [4.78, 5) is 6.59. The third kappa shape index (κ3) is 2.46. The highest BCUT2D eigenvalue weighted by atomic mass is 32.1. The van der Waals surface area contributed by atoms with E-state index in [9.17, 15) is 0 Å². The fraction of sp³-hybridized carbons (Fsp3) is 0.667. The molecule has 0 aliphatic carbocycles. The van der Waals surface area contributed by atoms with Gasteiger partial charge in [-0.3, -0.25) is 0 Å². The van der Waals surface area contributed by atoms with E-state index >= 15 is 0 Å². The smallest absolute Gasteiger partial charge is 0.185 e. The Labute approximate surface area is 92.5 Å². The summed E-state index contributed by atoms with van der Waals surface area (Å²) in [5.41, 5.74) is 6.46. The molecule has 84 valence electrons. The second kappa shape index (κ2) is 4.89. The topological polar surface area (TPSA) is 71.6 Å². The second-order valence-corrected chi connectivity index (χ2v) is 4.28. The Hall–Kier alpha value is -0.690. The Bertz CT molecular complexity index is 312. The summed E-state index contributed by atoms with van der Waals surface area (Å²) in [6.45, 7) is 3.19. The maximum Gasteiger partial charge on any atom is 0.185 e. The largest absolute Gasteiger partial charge is 0.394 e. The lowest BCUT2D eigenvalue weighted by Gasteiger charge is -2.26. The average Bonchev–Trinajstić information content (AvgIpc) is 2.78. The number of hydrogen-bond donors (Lipinski definition) is 2. The summed E-state index contributed by atoms with van der Waals surface area (Å²) < 4.78 is 5.27. The first-order valence-corrected chi connectivity index (χ1v) is 5.84. The minimum atomic E-state index is -0.365. The molecule has 0 spiro atoms. The van der Waals surface area contributed by atoms with Gasteiger partial charge in [0, 0.05) is 18.5 Å². The molecular formula is C9H15N3O2S. The third-order valence-electron chi connectivity index (χ3n) is 2.37. The summed E-state index contributed by atoms with van der Waals surface area (Å²) >= 11 is 1.57. The zero-order valence-corrected chi connectivity index (χ0v) is 9.24. The fourth-order valence-electron chi connectivity index (χ4n) is 1.44. The monoisotopic (exact) mass is 229 g/mol. The fourth-order valence-corrected chi connectivity index (χ4v) is 2.38. The zero-order valence-electron chi connectivity index (χ0n) is 8.43. The van der Waals surface area contributed by atoms with Gasteiger partial charge in [-0.05, 0) is 0 Å². The van der Waals surface area contributed by atoms with Gasteiger partial charge in [-0.2, -0.15) is 0 Å². The molecule has 1 aliphatic rings. The van der Waals surface area contributed by atoms with E-state index in [1.165, 1.54) is 0 Å². The van der Waals surface area contributed by atoms with Gasteiger partial charge < -0.3 is 20.5 Å². The standard InChI is InChI=1S/C9H15N3O2S/c10-7(5-13)8-6-15-9(11-8)12-1-3-14-4-2-12/h6-7,13H,1-5,10H2. The van der Waals surface area contributed by atoms with Crippen molar-refractivity contribution in [2.24, 2.45) is 5.73 Å². The number of ether oxygens (including phenoxy) is 1. The van der Waals surface area contributed by atoms with Gasteiger partial charge in [-0.15, -0.1) is 11.3 Å². The van der Waals surface area contributed by atoms with E-state index in [0.717, 1.165) is 37.1 Å². The molecule has 5 nitrogen and oxygen atoms in total. The molecule has 1 aliphatic heterocycles. The molecule has 2 heterocycles. The van der Waals surface area contributed by atoms with Crippen LogP contribution >= 0.6 is 11.3 Å². The van der Waals surface area contributed by atoms with E-state index in [4.69, 9.17) is 15.6 Å². The highest BCUT2D eigenvalue weighted by Gasteiger charge is 2.16. The van der Waals surface area contributed by atoms with E-state index in [0.29, 0.717) is 0 Å². The van der Waals surface area contributed by atoms with Crippen LogP contribution in [0.5, 0.6) is 0 Å². The molecule has 1 saturated heterocycles. The van der Waals surface area contributed by atoms with Crippen LogP contribution in [0.4, 0.5) is 5.13 Å². The lowest BCUT2D eigenvalue weighted by Crippen LogP contribution is -2.36. The van der Waals surface area contributed by atoms with Crippen molar-refractivity contribution in [2.75, 3.05) is 37.8 Å². The Morgan fingerprint density at radius 2 is 2.33 bits per heavy atom. The summed E-state index contributed by atoms with van der Waals surface area (Å²) in [5.74, 6) is 0. The van der Waals surface area contributed by atoms with Crippen LogP contribution in [0.3, 0.4) is 0 Å². The first kappa shape index (κ1) is 10.8. The second-order valence-electron chi connectivity index (χ2n) is 3.44. The third-order valence-corrected chi connectivity index (χ3v) is 3.29. The van der Waals surface area contributed by atoms with Crippen LogP contribution in [0.15, 0.2) is 5.38 Å². The maximum atomic E-state index is 8.91. The quantitative estimate of drug-likeness (QED) is 0.761. The molecule has 1 fully saturated rings. The summed E-state index contributed by atoms with van der Waals surface area (Å²) in [5, 5.41) is 11.8. The van der Waals surface area contributed by atoms with Crippen molar-refractivity contribution in [1.29, 1.82) is 0 Å². The number of nitrogens with zero attached hydrogens (tertiary/aromatic N) is 2. The number of morpholine rings is 1. The highest BCUT2D eigenvalue weighted by molar-refractivity contribution is 7.13. The Morgan fingerprint density at radius 3 is 3.00 bits per heavy atom. The minimum absolute atomic E-state index is 0.0632. The number of anilines is 1. The summed E-state index contributed by atoms with van der Waals surface area (Å²) in [6.07, 6.45) is 0. The van der Waals surface area contributed by atoms with Gasteiger partial charge in [0.05, 0.1) is 31.6 Å². The number of thiazole rings is 1. The number of aromatic nitrogens is 1. The van der Waals surface area contributed by atoms with Gasteiger partial charge in [0.1, 0.15) is 0 Å². The predicted octanol–water partition coefficient (Wildman–Crippen LogP) is -0.0282. The number of hydrogen-bond acceptors (Lipinski definition) is 6. The molecule has 2 rings (SSSR count). The van der Waals surface area contributed by atoms with E-state index in [2.05, 4.69) is 9.88 Å². The molecule has 6 heteroatoms. The van der Waals surface area contributed by atoms with Crippen LogP contribution in [-0.4, -0.2) is 43.0 Å². The molecule has 1 unspecified atom stereocenters. The van der Waals surface area contributed by atoms with Crippen LogP contribution in [0.1, 0.15) is 11.7 Å². The Kier molecular flexibility index (Phi) is 3.53. The van der Waals surface area contributed by atoms with Crippen LogP contribution in [-0.2, 0) is 4.74 Å². The number of nitrogens with two attached hydrogens (primary N) is 1. The van der Waals surface area contributed by atoms with Crippen molar-refractivity contribution in [3.05, 3.63) is 11.1 Å². The van der Waals surface area contributed by atoms with E-state index in [1.54, 1.807) is 11.3 Å². The normalized spacial score (nSPS) is 19.2. The molecule has 0 bridgehead atoms. The van der Waals surface area contributed by atoms with Crippen LogP contribution in [0.2, 0.25) is 0 Å². The summed E-state index contributed by atoms with van der Waals surface area (Å²) in [7, 11) is 0. The van der Waals surface area contributed by atoms with Gasteiger partial charge in [-0.1, -0.05) is 0 Å². The summed E-state index contributed by atoms with van der Waals surface area (Å²) in [6, 6.07) is -0.365. The molecule has 0 radical (unpaired) electrons. The van der Waals surface area contributed by atoms with Gasteiger partial charge in [0.2, 0.25) is 0 Å². The molecule has 1 aromatic rings. The number of rotatable bonds is 3.